The fourth-order valence-corrected chi connectivity index (χ4v) is 3.49. The summed E-state index contributed by atoms with van der Waals surface area (Å²) < 4.78 is 10.6. The van der Waals surface area contributed by atoms with Crippen LogP contribution in [0.15, 0.2) is 47.1 Å². The monoisotopic (exact) mass is 380 g/mol. The molecule has 3 heterocycles. The molecule has 0 bridgehead atoms. The van der Waals surface area contributed by atoms with Gasteiger partial charge in [0.15, 0.2) is 5.82 Å². The minimum Gasteiger partial charge on any atom is -0.497 e. The van der Waals surface area contributed by atoms with E-state index in [2.05, 4.69) is 20.0 Å². The Balaban J connectivity index is 1.43. The minimum absolute atomic E-state index is 0.230. The van der Waals surface area contributed by atoms with Crippen LogP contribution in [0.4, 0.5) is 5.82 Å². The molecule has 7 heteroatoms. The number of ether oxygens (including phenoxy) is 1. The van der Waals surface area contributed by atoms with Crippen molar-refractivity contribution in [1.82, 2.24) is 15.1 Å². The van der Waals surface area contributed by atoms with Crippen molar-refractivity contribution in [3.05, 3.63) is 54.0 Å². The number of hydrogen-bond donors (Lipinski definition) is 1. The molecule has 1 aliphatic heterocycles. The largest absolute Gasteiger partial charge is 0.497 e. The molecular formula is C21H24N4O3. The third-order valence-electron chi connectivity index (χ3n) is 5.09. The smallest absolute Gasteiger partial charge is 0.259 e. The van der Waals surface area contributed by atoms with Gasteiger partial charge in [-0.3, -0.25) is 0 Å². The van der Waals surface area contributed by atoms with E-state index < -0.39 is 0 Å². The first-order chi connectivity index (χ1) is 13.7. The summed E-state index contributed by atoms with van der Waals surface area (Å²) in [6.45, 7) is 2.04. The predicted octanol–water partition coefficient (Wildman–Crippen LogP) is 2.94. The summed E-state index contributed by atoms with van der Waals surface area (Å²) in [4.78, 5) is 11.3. The van der Waals surface area contributed by atoms with Gasteiger partial charge < -0.3 is 19.3 Å². The molecule has 1 aliphatic rings. The van der Waals surface area contributed by atoms with Crippen LogP contribution in [-0.4, -0.2) is 47.0 Å². The SMILES string of the molecule is COc1ccc(Cc2noc(-c3ccc(N4CCCC(CO)C4)nc3)n2)cc1. The summed E-state index contributed by atoms with van der Waals surface area (Å²) in [6, 6.07) is 11.7. The first kappa shape index (κ1) is 18.4. The van der Waals surface area contributed by atoms with Gasteiger partial charge in [0, 0.05) is 32.3 Å². The highest BCUT2D eigenvalue weighted by Crippen LogP contribution is 2.24. The zero-order valence-electron chi connectivity index (χ0n) is 15.9. The molecule has 4 rings (SSSR count). The molecule has 7 nitrogen and oxygen atoms in total. The molecule has 28 heavy (non-hydrogen) atoms. The van der Waals surface area contributed by atoms with Crippen molar-refractivity contribution < 1.29 is 14.4 Å². The average Bonchev–Trinajstić information content (AvgIpc) is 3.23. The number of piperidine rings is 1. The van der Waals surface area contributed by atoms with E-state index in [0.29, 0.717) is 24.1 Å². The second-order valence-electron chi connectivity index (χ2n) is 7.08. The highest BCUT2D eigenvalue weighted by atomic mass is 16.5. The van der Waals surface area contributed by atoms with Gasteiger partial charge >= 0.3 is 0 Å². The fraction of sp³-hybridized carbons (Fsp3) is 0.381. The number of aliphatic hydroxyl groups is 1. The average molecular weight is 380 g/mol. The Morgan fingerprint density at radius 3 is 2.79 bits per heavy atom. The Kier molecular flexibility index (Phi) is 5.53. The molecule has 0 radical (unpaired) electrons. The van der Waals surface area contributed by atoms with Crippen LogP contribution in [0.2, 0.25) is 0 Å². The van der Waals surface area contributed by atoms with Gasteiger partial charge in [-0.05, 0) is 48.6 Å². The van der Waals surface area contributed by atoms with E-state index in [-0.39, 0.29) is 6.61 Å². The van der Waals surface area contributed by atoms with Crippen molar-refractivity contribution in [3.63, 3.8) is 0 Å². The number of nitrogens with zero attached hydrogens (tertiary/aromatic N) is 4. The summed E-state index contributed by atoms with van der Waals surface area (Å²) >= 11 is 0. The molecule has 0 spiro atoms. The van der Waals surface area contributed by atoms with Crippen LogP contribution in [0.1, 0.15) is 24.2 Å². The topological polar surface area (TPSA) is 84.5 Å². The van der Waals surface area contributed by atoms with E-state index in [4.69, 9.17) is 9.26 Å². The highest BCUT2D eigenvalue weighted by molar-refractivity contribution is 5.55. The molecule has 146 valence electrons. The highest BCUT2D eigenvalue weighted by Gasteiger charge is 2.20. The quantitative estimate of drug-likeness (QED) is 0.704. The Bertz CT molecular complexity index is 893. The van der Waals surface area contributed by atoms with Gasteiger partial charge in [-0.2, -0.15) is 4.98 Å². The summed E-state index contributed by atoms with van der Waals surface area (Å²) in [5.41, 5.74) is 1.89. The van der Waals surface area contributed by atoms with Crippen molar-refractivity contribution in [1.29, 1.82) is 0 Å². The molecule has 1 aromatic carbocycles. The van der Waals surface area contributed by atoms with Crippen LogP contribution in [0.25, 0.3) is 11.5 Å². The summed E-state index contributed by atoms with van der Waals surface area (Å²) in [6.07, 6.45) is 4.51. The second kappa shape index (κ2) is 8.39. The summed E-state index contributed by atoms with van der Waals surface area (Å²) in [7, 11) is 1.65. The molecule has 1 N–H and O–H groups in total. The van der Waals surface area contributed by atoms with Crippen LogP contribution >= 0.6 is 0 Å². The van der Waals surface area contributed by atoms with Gasteiger partial charge in [-0.1, -0.05) is 17.3 Å². The van der Waals surface area contributed by atoms with Crippen molar-refractivity contribution >= 4 is 5.82 Å². The Hall–Kier alpha value is -2.93. The van der Waals surface area contributed by atoms with E-state index >= 15 is 0 Å². The molecule has 2 aromatic heterocycles. The maximum atomic E-state index is 9.40. The van der Waals surface area contributed by atoms with Crippen LogP contribution in [-0.2, 0) is 6.42 Å². The Morgan fingerprint density at radius 2 is 2.07 bits per heavy atom. The first-order valence-electron chi connectivity index (χ1n) is 9.53. The van der Waals surface area contributed by atoms with Crippen LogP contribution in [0, 0.1) is 5.92 Å². The lowest BCUT2D eigenvalue weighted by Gasteiger charge is -2.32. The molecule has 1 unspecified atom stereocenters. The zero-order valence-corrected chi connectivity index (χ0v) is 15.9. The van der Waals surface area contributed by atoms with Crippen molar-refractivity contribution in [3.8, 4) is 17.2 Å². The predicted molar refractivity (Wildman–Crippen MR) is 105 cm³/mol. The van der Waals surface area contributed by atoms with Gasteiger partial charge in [0.2, 0.25) is 0 Å². The summed E-state index contributed by atoms with van der Waals surface area (Å²) in [5.74, 6) is 3.16. The maximum Gasteiger partial charge on any atom is 0.259 e. The van der Waals surface area contributed by atoms with Gasteiger partial charge in [0.25, 0.3) is 5.89 Å². The lowest BCUT2D eigenvalue weighted by molar-refractivity contribution is 0.208. The molecule has 3 aromatic rings. The molecule has 0 saturated carbocycles. The number of methoxy groups -OCH3 is 1. The molecule has 0 amide bonds. The number of anilines is 1. The first-order valence-corrected chi connectivity index (χ1v) is 9.53. The molecule has 0 aliphatic carbocycles. The summed E-state index contributed by atoms with van der Waals surface area (Å²) in [5, 5.41) is 13.5. The van der Waals surface area contributed by atoms with E-state index in [1.165, 1.54) is 0 Å². The number of hydrogen-bond acceptors (Lipinski definition) is 7. The molecular weight excluding hydrogens is 356 g/mol. The van der Waals surface area contributed by atoms with Gasteiger partial charge in [0.1, 0.15) is 11.6 Å². The second-order valence-corrected chi connectivity index (χ2v) is 7.08. The number of aromatic nitrogens is 3. The molecule has 1 atom stereocenters. The van der Waals surface area contributed by atoms with E-state index in [1.54, 1.807) is 13.3 Å². The fourth-order valence-electron chi connectivity index (χ4n) is 3.49. The normalized spacial score (nSPS) is 16.9. The lowest BCUT2D eigenvalue weighted by atomic mass is 9.99. The van der Waals surface area contributed by atoms with Crippen LogP contribution in [0.3, 0.4) is 0 Å². The number of benzene rings is 1. The zero-order chi connectivity index (χ0) is 19.3. The lowest BCUT2D eigenvalue weighted by Crippen LogP contribution is -2.37. The van der Waals surface area contributed by atoms with Gasteiger partial charge in [-0.15, -0.1) is 0 Å². The number of pyridine rings is 1. The Morgan fingerprint density at radius 1 is 1.21 bits per heavy atom. The van der Waals surface area contributed by atoms with Crippen LogP contribution < -0.4 is 9.64 Å². The number of rotatable bonds is 6. The third-order valence-corrected chi connectivity index (χ3v) is 5.09. The van der Waals surface area contributed by atoms with Gasteiger partial charge in [0.05, 0.1) is 12.7 Å². The maximum absolute atomic E-state index is 9.40. The van der Waals surface area contributed by atoms with Crippen molar-refractivity contribution in [2.45, 2.75) is 19.3 Å². The number of aliphatic hydroxyl groups excluding tert-OH is 1. The van der Waals surface area contributed by atoms with E-state index in [0.717, 1.165) is 48.6 Å². The standard InChI is InChI=1S/C21H24N4O3/c1-27-18-7-4-15(5-8-18)11-19-23-21(28-24-19)17-6-9-20(22-12-17)25-10-2-3-16(13-25)14-26/h4-9,12,16,26H,2-3,10-11,13-14H2,1H3. The van der Waals surface area contributed by atoms with Crippen LogP contribution in [0.5, 0.6) is 5.75 Å². The Labute approximate surface area is 164 Å². The van der Waals surface area contributed by atoms with E-state index in [9.17, 15) is 5.11 Å². The third kappa shape index (κ3) is 4.14. The van der Waals surface area contributed by atoms with Crippen molar-refractivity contribution in [2.75, 3.05) is 31.7 Å². The van der Waals surface area contributed by atoms with Crippen molar-refractivity contribution in [2.24, 2.45) is 5.92 Å². The minimum atomic E-state index is 0.230. The van der Waals surface area contributed by atoms with Gasteiger partial charge in [-0.25, -0.2) is 4.98 Å². The molecule has 1 fully saturated rings. The van der Waals surface area contributed by atoms with E-state index in [1.807, 2.05) is 36.4 Å². The molecule has 1 saturated heterocycles.